The van der Waals surface area contributed by atoms with Crippen LogP contribution in [0.2, 0.25) is 0 Å². The number of carbonyl (C=O) groups is 1. The van der Waals surface area contributed by atoms with Crippen molar-refractivity contribution >= 4 is 5.97 Å². The molecule has 0 saturated heterocycles. The van der Waals surface area contributed by atoms with Gasteiger partial charge in [-0.25, -0.2) is 0 Å². The minimum Gasteiger partial charge on any atom is -0.465 e. The third-order valence-electron chi connectivity index (χ3n) is 2.74. The average molecular weight is 197 g/mol. The molecule has 1 fully saturated rings. The fourth-order valence-electron chi connectivity index (χ4n) is 1.79. The molecular weight excluding hydrogens is 178 g/mol. The zero-order valence-electron chi connectivity index (χ0n) is 8.74. The van der Waals surface area contributed by atoms with Crippen molar-refractivity contribution in [1.82, 2.24) is 0 Å². The summed E-state index contributed by atoms with van der Waals surface area (Å²) in [7, 11) is 0. The van der Waals surface area contributed by atoms with Crippen LogP contribution in [0.25, 0.3) is 0 Å². The van der Waals surface area contributed by atoms with E-state index >= 15 is 0 Å². The van der Waals surface area contributed by atoms with Gasteiger partial charge in [-0.15, -0.1) is 6.58 Å². The van der Waals surface area contributed by atoms with E-state index in [9.17, 15) is 4.79 Å². The zero-order chi connectivity index (χ0) is 10.6. The number of ether oxygens (including phenoxy) is 1. The minimum absolute atomic E-state index is 0.251. The van der Waals surface area contributed by atoms with Gasteiger partial charge in [0.15, 0.2) is 0 Å². The fraction of sp³-hybridized carbons (Fsp3) is 0.727. The number of carbonyl (C=O) groups excluding carboxylic acids is 1. The van der Waals surface area contributed by atoms with E-state index in [1.807, 2.05) is 6.08 Å². The predicted octanol–water partition coefficient (Wildman–Crippen LogP) is 1.48. The van der Waals surface area contributed by atoms with E-state index in [1.165, 1.54) is 0 Å². The van der Waals surface area contributed by atoms with Gasteiger partial charge in [0.25, 0.3) is 0 Å². The van der Waals surface area contributed by atoms with Gasteiger partial charge in [0.05, 0.1) is 6.61 Å². The van der Waals surface area contributed by atoms with Crippen LogP contribution in [0.5, 0.6) is 0 Å². The molecule has 0 radical (unpaired) electrons. The number of hydrogen-bond acceptors (Lipinski definition) is 3. The average Bonchev–Trinajstić information content (AvgIpc) is 2.93. The van der Waals surface area contributed by atoms with Crippen molar-refractivity contribution in [3.8, 4) is 0 Å². The molecule has 3 nitrogen and oxygen atoms in total. The molecule has 3 heteroatoms. The van der Waals surface area contributed by atoms with Crippen molar-refractivity contribution in [2.24, 2.45) is 17.6 Å². The molecule has 0 heterocycles. The Bertz CT molecular complexity index is 215. The molecule has 0 amide bonds. The first kappa shape index (κ1) is 11.2. The Balaban J connectivity index is 2.24. The van der Waals surface area contributed by atoms with Crippen molar-refractivity contribution in [3.05, 3.63) is 12.7 Å². The summed E-state index contributed by atoms with van der Waals surface area (Å²) in [4.78, 5) is 11.3. The van der Waals surface area contributed by atoms with Crippen molar-refractivity contribution < 1.29 is 9.53 Å². The topological polar surface area (TPSA) is 52.3 Å². The smallest absolute Gasteiger partial charge is 0.323 e. The summed E-state index contributed by atoms with van der Waals surface area (Å²) in [5, 5.41) is 0. The Morgan fingerprint density at radius 1 is 1.79 bits per heavy atom. The summed E-state index contributed by atoms with van der Waals surface area (Å²) in [5.74, 6) is 0.694. The van der Waals surface area contributed by atoms with Crippen LogP contribution in [-0.4, -0.2) is 18.6 Å². The molecular formula is C11H19NO2. The lowest BCUT2D eigenvalue weighted by molar-refractivity contribution is -0.145. The van der Waals surface area contributed by atoms with Gasteiger partial charge in [0, 0.05) is 0 Å². The van der Waals surface area contributed by atoms with Gasteiger partial charge in [-0.05, 0) is 38.0 Å². The summed E-state index contributed by atoms with van der Waals surface area (Å²) in [6, 6.07) is -0.412. The summed E-state index contributed by atoms with van der Waals surface area (Å²) in [5.41, 5.74) is 5.77. The van der Waals surface area contributed by atoms with Gasteiger partial charge in [0.2, 0.25) is 0 Å². The first-order valence-electron chi connectivity index (χ1n) is 5.23. The van der Waals surface area contributed by atoms with E-state index in [2.05, 4.69) is 6.58 Å². The largest absolute Gasteiger partial charge is 0.465 e. The Hall–Kier alpha value is -0.830. The number of rotatable bonds is 6. The highest BCUT2D eigenvalue weighted by Gasteiger charge is 2.44. The Kier molecular flexibility index (Phi) is 4.14. The minimum atomic E-state index is -0.412. The first-order valence-corrected chi connectivity index (χ1v) is 5.23. The second-order valence-electron chi connectivity index (χ2n) is 3.80. The van der Waals surface area contributed by atoms with E-state index in [0.717, 1.165) is 19.3 Å². The third kappa shape index (κ3) is 2.84. The SMILES string of the molecule is C=CCC[C@@H]1CC1C(N)C(=O)OCC. The van der Waals surface area contributed by atoms with Crippen LogP contribution in [0.3, 0.4) is 0 Å². The van der Waals surface area contributed by atoms with Gasteiger partial charge in [-0.3, -0.25) is 4.79 Å². The quantitative estimate of drug-likeness (QED) is 0.518. The van der Waals surface area contributed by atoms with E-state index < -0.39 is 6.04 Å². The van der Waals surface area contributed by atoms with Gasteiger partial charge < -0.3 is 10.5 Å². The lowest BCUT2D eigenvalue weighted by Crippen LogP contribution is -2.35. The Morgan fingerprint density at radius 3 is 3.07 bits per heavy atom. The van der Waals surface area contributed by atoms with Crippen LogP contribution in [-0.2, 0) is 9.53 Å². The van der Waals surface area contributed by atoms with Crippen molar-refractivity contribution in [2.75, 3.05) is 6.61 Å². The van der Waals surface area contributed by atoms with E-state index in [-0.39, 0.29) is 5.97 Å². The summed E-state index contributed by atoms with van der Waals surface area (Å²) >= 11 is 0. The highest BCUT2D eigenvalue weighted by molar-refractivity contribution is 5.76. The number of allylic oxidation sites excluding steroid dienone is 1. The van der Waals surface area contributed by atoms with Gasteiger partial charge in [0.1, 0.15) is 6.04 Å². The maximum atomic E-state index is 11.3. The lowest BCUT2D eigenvalue weighted by atomic mass is 10.1. The predicted molar refractivity (Wildman–Crippen MR) is 55.6 cm³/mol. The number of nitrogens with two attached hydrogens (primary N) is 1. The molecule has 0 spiro atoms. The van der Waals surface area contributed by atoms with Crippen LogP contribution in [0, 0.1) is 11.8 Å². The van der Waals surface area contributed by atoms with Crippen molar-refractivity contribution in [3.63, 3.8) is 0 Å². The summed E-state index contributed by atoms with van der Waals surface area (Å²) < 4.78 is 4.87. The highest BCUT2D eigenvalue weighted by Crippen LogP contribution is 2.44. The maximum absolute atomic E-state index is 11.3. The van der Waals surface area contributed by atoms with E-state index in [1.54, 1.807) is 6.92 Å². The normalized spacial score (nSPS) is 26.7. The van der Waals surface area contributed by atoms with Gasteiger partial charge in [-0.1, -0.05) is 6.08 Å². The molecule has 80 valence electrons. The second-order valence-corrected chi connectivity index (χ2v) is 3.80. The first-order chi connectivity index (χ1) is 6.70. The van der Waals surface area contributed by atoms with Crippen molar-refractivity contribution in [1.29, 1.82) is 0 Å². The van der Waals surface area contributed by atoms with Crippen molar-refractivity contribution in [2.45, 2.75) is 32.2 Å². The van der Waals surface area contributed by atoms with Gasteiger partial charge in [-0.2, -0.15) is 0 Å². The summed E-state index contributed by atoms with van der Waals surface area (Å²) in [6.07, 6.45) is 5.08. The maximum Gasteiger partial charge on any atom is 0.323 e. The molecule has 1 aliphatic carbocycles. The van der Waals surface area contributed by atoms with Crippen LogP contribution in [0.1, 0.15) is 26.2 Å². The third-order valence-corrected chi connectivity index (χ3v) is 2.74. The molecule has 2 unspecified atom stereocenters. The standard InChI is InChI=1S/C11H19NO2/c1-3-5-6-8-7-9(8)10(12)11(13)14-4-2/h3,8-10H,1,4-7,12H2,2H3/t8-,9?,10?/m1/s1. The summed E-state index contributed by atoms with van der Waals surface area (Å²) in [6.45, 7) is 5.88. The molecule has 0 aromatic heterocycles. The Morgan fingerprint density at radius 2 is 2.50 bits per heavy atom. The fourth-order valence-corrected chi connectivity index (χ4v) is 1.79. The molecule has 2 N–H and O–H groups in total. The van der Waals surface area contributed by atoms with Crippen LogP contribution in [0.15, 0.2) is 12.7 Å². The van der Waals surface area contributed by atoms with Crippen LogP contribution in [0.4, 0.5) is 0 Å². The number of esters is 1. The number of hydrogen-bond donors (Lipinski definition) is 1. The van der Waals surface area contributed by atoms with Gasteiger partial charge >= 0.3 is 5.97 Å². The molecule has 0 aromatic carbocycles. The molecule has 1 rings (SSSR count). The molecule has 1 aliphatic rings. The molecule has 3 atom stereocenters. The van der Waals surface area contributed by atoms with Crippen LogP contribution >= 0.6 is 0 Å². The van der Waals surface area contributed by atoms with E-state index in [0.29, 0.717) is 18.4 Å². The zero-order valence-corrected chi connectivity index (χ0v) is 8.74. The monoisotopic (exact) mass is 197 g/mol. The lowest BCUT2D eigenvalue weighted by Gasteiger charge is -2.09. The molecule has 0 aromatic rings. The molecule has 0 bridgehead atoms. The molecule has 1 saturated carbocycles. The molecule has 14 heavy (non-hydrogen) atoms. The van der Waals surface area contributed by atoms with Crippen LogP contribution < -0.4 is 5.73 Å². The highest BCUT2D eigenvalue weighted by atomic mass is 16.5. The van der Waals surface area contributed by atoms with E-state index in [4.69, 9.17) is 10.5 Å². The second kappa shape index (κ2) is 5.15. The Labute approximate surface area is 85.3 Å². The molecule has 0 aliphatic heterocycles.